The van der Waals surface area contributed by atoms with Crippen molar-refractivity contribution in [1.82, 2.24) is 9.88 Å². The minimum Gasteiger partial charge on any atom is -0.478 e. The number of aromatic nitrogens is 1. The van der Waals surface area contributed by atoms with E-state index in [-0.39, 0.29) is 22.6 Å². The van der Waals surface area contributed by atoms with Crippen molar-refractivity contribution in [2.45, 2.75) is 44.7 Å². The number of nitrogens with one attached hydrogen (secondary N) is 1. The van der Waals surface area contributed by atoms with Crippen LogP contribution in [0.15, 0.2) is 42.5 Å². The standard InChI is InChI=1S/C27H26F2N2O2/c1-15-8-19-18-4-2-3-5-22(18)30-25(19)26(31(15)14-27-11-17(12-27)13-27)24-20(28)9-16(10-21(24)29)6-7-23(32)33/h2-7,9-10,15,17,26,30H,8,11-14H2,1H3,(H,32,33)/b7-6+/t15-,17?,26+,27?/m1/s1. The Morgan fingerprint density at radius 3 is 2.55 bits per heavy atom. The fourth-order valence-corrected chi connectivity index (χ4v) is 6.43. The molecule has 6 heteroatoms. The summed E-state index contributed by atoms with van der Waals surface area (Å²) >= 11 is 0. The zero-order valence-corrected chi connectivity index (χ0v) is 18.4. The molecule has 3 fully saturated rings. The van der Waals surface area contributed by atoms with Gasteiger partial charge in [-0.25, -0.2) is 13.6 Å². The molecule has 7 rings (SSSR count). The lowest BCUT2D eigenvalue weighted by Crippen LogP contribution is -2.60. The summed E-state index contributed by atoms with van der Waals surface area (Å²) in [7, 11) is 0. The summed E-state index contributed by atoms with van der Waals surface area (Å²) in [5, 5.41) is 9.98. The van der Waals surface area contributed by atoms with Crippen LogP contribution in [0.4, 0.5) is 8.78 Å². The molecule has 0 unspecified atom stereocenters. The summed E-state index contributed by atoms with van der Waals surface area (Å²) in [6.07, 6.45) is 6.58. The SMILES string of the molecule is C[C@@H]1Cc2c([nH]c3ccccc23)[C@H](c2c(F)cc(/C=C/C(=O)O)cc2F)N1CC12CC(C1)C2. The minimum absolute atomic E-state index is 0.0356. The van der Waals surface area contributed by atoms with E-state index in [1.165, 1.54) is 37.5 Å². The van der Waals surface area contributed by atoms with Crippen molar-refractivity contribution in [3.8, 4) is 0 Å². The van der Waals surface area contributed by atoms with Gasteiger partial charge in [0.15, 0.2) is 0 Å². The van der Waals surface area contributed by atoms with Crippen LogP contribution < -0.4 is 0 Å². The van der Waals surface area contributed by atoms with Crippen molar-refractivity contribution >= 4 is 22.9 Å². The minimum atomic E-state index is -1.16. The lowest BCUT2D eigenvalue weighted by atomic mass is 9.44. The van der Waals surface area contributed by atoms with Gasteiger partial charge >= 0.3 is 5.97 Å². The Bertz CT molecular complexity index is 1270. The van der Waals surface area contributed by atoms with E-state index in [9.17, 15) is 4.79 Å². The number of fused-ring (bicyclic) bond motifs is 3. The molecule has 3 aromatic rings. The first kappa shape index (κ1) is 20.6. The first-order valence-electron chi connectivity index (χ1n) is 11.6. The molecule has 4 aliphatic rings. The molecule has 2 aromatic carbocycles. The van der Waals surface area contributed by atoms with Crippen LogP contribution in [-0.2, 0) is 11.2 Å². The topological polar surface area (TPSA) is 56.3 Å². The smallest absolute Gasteiger partial charge is 0.328 e. The van der Waals surface area contributed by atoms with Crippen LogP contribution in [0.5, 0.6) is 0 Å². The third-order valence-electron chi connectivity index (χ3n) is 7.99. The summed E-state index contributed by atoms with van der Waals surface area (Å²) in [5.74, 6) is -1.62. The highest BCUT2D eigenvalue weighted by molar-refractivity contribution is 5.86. The molecule has 0 radical (unpaired) electrons. The Labute approximate surface area is 190 Å². The van der Waals surface area contributed by atoms with Crippen LogP contribution in [0, 0.1) is 23.0 Å². The Morgan fingerprint density at radius 2 is 1.91 bits per heavy atom. The van der Waals surface area contributed by atoms with E-state index in [4.69, 9.17) is 5.11 Å². The third kappa shape index (κ3) is 3.22. The predicted octanol–water partition coefficient (Wildman–Crippen LogP) is 5.68. The van der Waals surface area contributed by atoms with Gasteiger partial charge in [-0.2, -0.15) is 0 Å². The van der Waals surface area contributed by atoms with Gasteiger partial charge in [-0.3, -0.25) is 4.90 Å². The van der Waals surface area contributed by atoms with E-state index in [0.29, 0.717) is 0 Å². The number of aliphatic carboxylic acids is 1. The molecule has 2 heterocycles. The predicted molar refractivity (Wildman–Crippen MR) is 123 cm³/mol. The van der Waals surface area contributed by atoms with Crippen LogP contribution in [0.2, 0.25) is 0 Å². The second-order valence-corrected chi connectivity index (χ2v) is 10.2. The summed E-state index contributed by atoms with van der Waals surface area (Å²) in [4.78, 5) is 16.6. The number of carboxylic acids is 1. The molecular formula is C27H26F2N2O2. The van der Waals surface area contributed by atoms with Crippen molar-refractivity contribution in [3.63, 3.8) is 0 Å². The average molecular weight is 449 g/mol. The highest BCUT2D eigenvalue weighted by atomic mass is 19.1. The van der Waals surface area contributed by atoms with Crippen molar-refractivity contribution in [2.24, 2.45) is 11.3 Å². The van der Waals surface area contributed by atoms with Crippen LogP contribution in [0.1, 0.15) is 54.6 Å². The van der Waals surface area contributed by atoms with E-state index in [1.54, 1.807) is 0 Å². The van der Waals surface area contributed by atoms with Crippen molar-refractivity contribution < 1.29 is 18.7 Å². The summed E-state index contributed by atoms with van der Waals surface area (Å²) < 4.78 is 31.1. The number of nitrogens with zero attached hydrogens (tertiary/aromatic N) is 1. The van der Waals surface area contributed by atoms with Gasteiger partial charge in [0.1, 0.15) is 11.6 Å². The number of halogens is 2. The van der Waals surface area contributed by atoms with Crippen LogP contribution in [-0.4, -0.2) is 33.5 Å². The van der Waals surface area contributed by atoms with E-state index < -0.39 is 23.6 Å². The van der Waals surface area contributed by atoms with Gasteiger partial charge in [-0.05, 0) is 79.3 Å². The molecule has 0 saturated heterocycles. The Hall–Kier alpha value is -2.99. The number of aromatic amines is 1. The first-order chi connectivity index (χ1) is 15.8. The molecule has 2 bridgehead atoms. The van der Waals surface area contributed by atoms with Crippen molar-refractivity contribution in [3.05, 3.63) is 76.5 Å². The van der Waals surface area contributed by atoms with Crippen LogP contribution >= 0.6 is 0 Å². The molecule has 2 atom stereocenters. The van der Waals surface area contributed by atoms with Gasteiger partial charge in [0.2, 0.25) is 0 Å². The van der Waals surface area contributed by atoms with Gasteiger partial charge in [-0.1, -0.05) is 18.2 Å². The van der Waals surface area contributed by atoms with E-state index >= 15 is 8.78 Å². The van der Waals surface area contributed by atoms with Gasteiger partial charge in [-0.15, -0.1) is 0 Å². The molecule has 170 valence electrons. The average Bonchev–Trinajstić information content (AvgIpc) is 3.07. The molecule has 3 saturated carbocycles. The Morgan fingerprint density at radius 1 is 1.21 bits per heavy atom. The molecule has 1 aromatic heterocycles. The zero-order valence-electron chi connectivity index (χ0n) is 18.4. The van der Waals surface area contributed by atoms with Crippen LogP contribution in [0.3, 0.4) is 0 Å². The number of para-hydroxylation sites is 1. The Balaban J connectivity index is 1.50. The third-order valence-corrected chi connectivity index (χ3v) is 7.99. The summed E-state index contributed by atoms with van der Waals surface area (Å²) in [6.45, 7) is 2.99. The number of hydrogen-bond donors (Lipinski definition) is 2. The molecule has 33 heavy (non-hydrogen) atoms. The lowest BCUT2D eigenvalue weighted by molar-refractivity contribution is -0.135. The maximum absolute atomic E-state index is 15.5. The van der Waals surface area contributed by atoms with Gasteiger partial charge in [0, 0.05) is 40.8 Å². The maximum Gasteiger partial charge on any atom is 0.328 e. The number of H-pyrrole nitrogens is 1. The normalized spacial score (nSPS) is 28.5. The molecule has 2 N–H and O–H groups in total. The maximum atomic E-state index is 15.5. The number of carboxylic acid groups (broad SMARTS) is 1. The molecule has 0 amide bonds. The fourth-order valence-electron chi connectivity index (χ4n) is 6.43. The van der Waals surface area contributed by atoms with Crippen molar-refractivity contribution in [2.75, 3.05) is 6.54 Å². The highest BCUT2D eigenvalue weighted by Gasteiger charge is 2.58. The monoisotopic (exact) mass is 448 g/mol. The van der Waals surface area contributed by atoms with Gasteiger partial charge in [0.05, 0.1) is 6.04 Å². The van der Waals surface area contributed by atoms with Gasteiger partial charge < -0.3 is 10.1 Å². The zero-order chi connectivity index (χ0) is 22.9. The molecule has 4 nitrogen and oxygen atoms in total. The molecule has 0 spiro atoms. The van der Waals surface area contributed by atoms with E-state index in [2.05, 4.69) is 22.9 Å². The largest absolute Gasteiger partial charge is 0.478 e. The second-order valence-electron chi connectivity index (χ2n) is 10.2. The van der Waals surface area contributed by atoms with Gasteiger partial charge in [0.25, 0.3) is 0 Å². The highest BCUT2D eigenvalue weighted by Crippen LogP contribution is 2.65. The number of carbonyl (C=O) groups is 1. The first-order valence-corrected chi connectivity index (χ1v) is 11.6. The second kappa shape index (κ2) is 7.26. The fraction of sp³-hybridized carbons (Fsp3) is 0.370. The lowest BCUT2D eigenvalue weighted by Gasteiger charge is -2.64. The Kier molecular flexibility index (Phi) is 4.53. The van der Waals surface area contributed by atoms with E-state index in [1.807, 2.05) is 18.2 Å². The van der Waals surface area contributed by atoms with Crippen LogP contribution in [0.25, 0.3) is 17.0 Å². The van der Waals surface area contributed by atoms with E-state index in [0.717, 1.165) is 47.1 Å². The molecule has 1 aliphatic heterocycles. The summed E-state index contributed by atoms with van der Waals surface area (Å²) in [6, 6.07) is 10.1. The quantitative estimate of drug-likeness (QED) is 0.494. The number of rotatable bonds is 5. The molecule has 3 aliphatic carbocycles. The summed E-state index contributed by atoms with van der Waals surface area (Å²) in [5.41, 5.74) is 3.50. The molecular weight excluding hydrogens is 422 g/mol. The number of hydrogen-bond acceptors (Lipinski definition) is 2. The van der Waals surface area contributed by atoms with Crippen molar-refractivity contribution in [1.29, 1.82) is 0 Å². The number of benzene rings is 2.